The molecule has 0 aromatic carbocycles. The molecule has 1 aromatic rings. The predicted molar refractivity (Wildman–Crippen MR) is 53.0 cm³/mol. The Morgan fingerprint density at radius 1 is 1.73 bits per heavy atom. The van der Waals surface area contributed by atoms with Crippen LogP contribution in [0.2, 0.25) is 0 Å². The van der Waals surface area contributed by atoms with E-state index >= 15 is 0 Å². The Bertz CT molecular complexity index is 245. The Balaban J connectivity index is 3.07. The van der Waals surface area contributed by atoms with Gasteiger partial charge in [0.1, 0.15) is 10.4 Å². The van der Waals surface area contributed by atoms with E-state index in [9.17, 15) is 0 Å². The lowest BCUT2D eigenvalue weighted by atomic mass is 10.4. The van der Waals surface area contributed by atoms with Gasteiger partial charge in [-0.1, -0.05) is 0 Å². The summed E-state index contributed by atoms with van der Waals surface area (Å²) in [6, 6.07) is 0.439. The first-order chi connectivity index (χ1) is 5.16. The van der Waals surface area contributed by atoms with E-state index in [1.165, 1.54) is 0 Å². The molecule has 0 atom stereocenters. The van der Waals surface area contributed by atoms with E-state index in [4.69, 9.17) is 0 Å². The lowest BCUT2D eigenvalue weighted by Gasteiger charge is -2.11. The van der Waals surface area contributed by atoms with Crippen molar-refractivity contribution in [3.05, 3.63) is 16.6 Å². The fourth-order valence-electron chi connectivity index (χ4n) is 1.04. The maximum absolute atomic E-state index is 4.20. The molecule has 0 fully saturated rings. The van der Waals surface area contributed by atoms with Crippen LogP contribution in [0.4, 0.5) is 0 Å². The van der Waals surface area contributed by atoms with Crippen molar-refractivity contribution >= 4 is 28.6 Å². The molecule has 0 spiro atoms. The molecule has 1 aromatic heterocycles. The first-order valence-electron chi connectivity index (χ1n) is 3.49. The zero-order valence-corrected chi connectivity index (χ0v) is 9.06. The lowest BCUT2D eigenvalue weighted by Crippen LogP contribution is -2.04. The van der Waals surface area contributed by atoms with Crippen LogP contribution in [-0.4, -0.2) is 9.55 Å². The molecule has 0 aliphatic carbocycles. The molecule has 0 amide bonds. The normalized spacial score (nSPS) is 11.0. The van der Waals surface area contributed by atoms with E-state index in [0.29, 0.717) is 11.8 Å². The van der Waals surface area contributed by atoms with Crippen LogP contribution in [0.3, 0.4) is 0 Å². The van der Waals surface area contributed by atoms with Gasteiger partial charge in [0.15, 0.2) is 0 Å². The number of rotatable bonds is 2. The average molecular weight is 235 g/mol. The fraction of sp³-hybridized carbons (Fsp3) is 0.571. The van der Waals surface area contributed by atoms with Crippen LogP contribution < -0.4 is 0 Å². The average Bonchev–Trinajstić information content (AvgIpc) is 2.30. The summed E-state index contributed by atoms with van der Waals surface area (Å²) in [5.41, 5.74) is 0. The third kappa shape index (κ3) is 1.79. The summed E-state index contributed by atoms with van der Waals surface area (Å²) in [4.78, 5) is 4.20. The predicted octanol–water partition coefficient (Wildman–Crippen LogP) is 2.66. The number of aromatic nitrogens is 2. The van der Waals surface area contributed by atoms with Crippen molar-refractivity contribution < 1.29 is 0 Å². The minimum atomic E-state index is 0.439. The third-order valence-corrected chi connectivity index (χ3v) is 2.36. The highest BCUT2D eigenvalue weighted by atomic mass is 79.9. The van der Waals surface area contributed by atoms with Crippen LogP contribution in [-0.2, 0) is 5.75 Å². The second kappa shape index (κ2) is 3.63. The van der Waals surface area contributed by atoms with Crippen molar-refractivity contribution in [1.29, 1.82) is 0 Å². The van der Waals surface area contributed by atoms with Gasteiger partial charge in [-0.2, -0.15) is 12.6 Å². The van der Waals surface area contributed by atoms with Crippen LogP contribution in [0.15, 0.2) is 10.8 Å². The molecule has 2 nitrogen and oxygen atoms in total. The van der Waals surface area contributed by atoms with Gasteiger partial charge in [-0.15, -0.1) is 0 Å². The molecule has 0 aliphatic rings. The summed E-state index contributed by atoms with van der Waals surface area (Å²) in [5, 5.41) is 0. The van der Waals surface area contributed by atoms with E-state index in [0.717, 1.165) is 10.4 Å². The Morgan fingerprint density at radius 3 is 2.73 bits per heavy atom. The maximum atomic E-state index is 4.20. The summed E-state index contributed by atoms with van der Waals surface area (Å²) in [6.45, 7) is 4.25. The van der Waals surface area contributed by atoms with Crippen molar-refractivity contribution in [3.8, 4) is 0 Å². The van der Waals surface area contributed by atoms with Gasteiger partial charge in [-0.05, 0) is 29.8 Å². The highest BCUT2D eigenvalue weighted by molar-refractivity contribution is 9.10. The molecule has 0 N–H and O–H groups in total. The Kier molecular flexibility index (Phi) is 3.01. The van der Waals surface area contributed by atoms with Crippen molar-refractivity contribution in [1.82, 2.24) is 9.55 Å². The quantitative estimate of drug-likeness (QED) is 0.780. The maximum Gasteiger partial charge on any atom is 0.119 e. The van der Waals surface area contributed by atoms with Crippen LogP contribution >= 0.6 is 28.6 Å². The van der Waals surface area contributed by atoms with Gasteiger partial charge in [0.25, 0.3) is 0 Å². The van der Waals surface area contributed by atoms with Crippen LogP contribution in [0, 0.1) is 0 Å². The van der Waals surface area contributed by atoms with Gasteiger partial charge in [0, 0.05) is 11.8 Å². The largest absolute Gasteiger partial charge is 0.320 e. The van der Waals surface area contributed by atoms with Gasteiger partial charge >= 0.3 is 0 Å². The number of nitrogens with zero attached hydrogens (tertiary/aromatic N) is 2. The minimum absolute atomic E-state index is 0.439. The van der Waals surface area contributed by atoms with E-state index in [-0.39, 0.29) is 0 Å². The molecule has 0 aliphatic heterocycles. The summed E-state index contributed by atoms with van der Waals surface area (Å²) in [5.74, 6) is 1.69. The zero-order valence-electron chi connectivity index (χ0n) is 6.58. The molecular weight excluding hydrogens is 224 g/mol. The van der Waals surface area contributed by atoms with Crippen molar-refractivity contribution in [2.45, 2.75) is 25.6 Å². The number of hydrogen-bond acceptors (Lipinski definition) is 2. The molecule has 0 radical (unpaired) electrons. The highest BCUT2D eigenvalue weighted by Gasteiger charge is 2.08. The fourth-order valence-corrected chi connectivity index (χ4v) is 1.99. The molecule has 11 heavy (non-hydrogen) atoms. The third-order valence-electron chi connectivity index (χ3n) is 1.49. The number of halogens is 1. The molecular formula is C7H11BrN2S. The van der Waals surface area contributed by atoms with E-state index < -0.39 is 0 Å². The second-order valence-corrected chi connectivity index (χ2v) is 3.75. The first kappa shape index (κ1) is 9.13. The van der Waals surface area contributed by atoms with Crippen LogP contribution in [0.1, 0.15) is 25.7 Å². The Hall–Kier alpha value is 0.0400. The first-order valence-corrected chi connectivity index (χ1v) is 4.91. The van der Waals surface area contributed by atoms with Crippen LogP contribution in [0.5, 0.6) is 0 Å². The summed E-state index contributed by atoms with van der Waals surface area (Å²) in [7, 11) is 0. The minimum Gasteiger partial charge on any atom is -0.320 e. The molecule has 4 heteroatoms. The lowest BCUT2D eigenvalue weighted by molar-refractivity contribution is 0.570. The van der Waals surface area contributed by atoms with Gasteiger partial charge in [0.05, 0.1) is 6.20 Å². The Labute approximate surface area is 80.6 Å². The van der Waals surface area contributed by atoms with Crippen molar-refractivity contribution in [2.75, 3.05) is 0 Å². The molecule has 1 rings (SSSR count). The smallest absolute Gasteiger partial charge is 0.119 e. The van der Waals surface area contributed by atoms with Crippen molar-refractivity contribution in [3.63, 3.8) is 0 Å². The summed E-state index contributed by atoms with van der Waals surface area (Å²) >= 11 is 7.61. The highest BCUT2D eigenvalue weighted by Crippen LogP contribution is 2.19. The standard InChI is InChI=1S/C7H11BrN2S/c1-5(2)10-6(8)3-9-7(10)4-11/h3,5,11H,4H2,1-2H3. The molecule has 0 saturated heterocycles. The number of imidazole rings is 1. The van der Waals surface area contributed by atoms with E-state index in [2.05, 4.69) is 52.0 Å². The molecule has 0 saturated carbocycles. The summed E-state index contributed by atoms with van der Waals surface area (Å²) < 4.78 is 3.14. The Morgan fingerprint density at radius 2 is 2.36 bits per heavy atom. The molecule has 1 heterocycles. The SMILES string of the molecule is CC(C)n1c(Br)cnc1CS. The zero-order chi connectivity index (χ0) is 8.43. The second-order valence-electron chi connectivity index (χ2n) is 2.62. The van der Waals surface area contributed by atoms with E-state index in [1.54, 1.807) is 0 Å². The molecule has 0 bridgehead atoms. The van der Waals surface area contributed by atoms with Crippen LogP contribution in [0.25, 0.3) is 0 Å². The van der Waals surface area contributed by atoms with Gasteiger partial charge in [0.2, 0.25) is 0 Å². The van der Waals surface area contributed by atoms with Crippen molar-refractivity contribution in [2.24, 2.45) is 0 Å². The van der Waals surface area contributed by atoms with Gasteiger partial charge in [-0.25, -0.2) is 4.98 Å². The van der Waals surface area contributed by atoms with Gasteiger partial charge in [-0.3, -0.25) is 0 Å². The van der Waals surface area contributed by atoms with Gasteiger partial charge < -0.3 is 4.57 Å². The topological polar surface area (TPSA) is 17.8 Å². The summed E-state index contributed by atoms with van der Waals surface area (Å²) in [6.07, 6.45) is 1.81. The monoisotopic (exact) mass is 234 g/mol. The molecule has 62 valence electrons. The van der Waals surface area contributed by atoms with E-state index in [1.807, 2.05) is 6.20 Å². The number of hydrogen-bond donors (Lipinski definition) is 1. The molecule has 0 unspecified atom stereocenters. The number of thiol groups is 1.